The zero-order valence-electron chi connectivity index (χ0n) is 10.4. The van der Waals surface area contributed by atoms with Crippen LogP contribution >= 0.6 is 39.9 Å². The van der Waals surface area contributed by atoms with Gasteiger partial charge in [0.05, 0.1) is 4.91 Å². The minimum absolute atomic E-state index is 0.272. The van der Waals surface area contributed by atoms with Gasteiger partial charge in [-0.1, -0.05) is 52.0 Å². The Balaban J connectivity index is 2.28. The maximum Gasteiger partial charge on any atom is 0.326 e. The highest BCUT2D eigenvalue weighted by atomic mass is 79.9. The molecule has 1 atom stereocenters. The van der Waals surface area contributed by atoms with Crippen LogP contribution in [-0.4, -0.2) is 32.2 Å². The maximum absolute atomic E-state index is 12.2. The van der Waals surface area contributed by atoms with Gasteiger partial charge in [-0.3, -0.25) is 9.69 Å². The first-order valence-electron chi connectivity index (χ1n) is 5.65. The van der Waals surface area contributed by atoms with Gasteiger partial charge < -0.3 is 5.11 Å². The molecule has 0 aliphatic carbocycles. The molecule has 1 heterocycles. The maximum atomic E-state index is 12.2. The van der Waals surface area contributed by atoms with Crippen molar-refractivity contribution in [2.24, 2.45) is 0 Å². The number of halogens is 1. The molecule has 1 N–H and O–H groups in total. The molecule has 1 aromatic rings. The average molecular weight is 372 g/mol. The Morgan fingerprint density at radius 1 is 1.45 bits per heavy atom. The Morgan fingerprint density at radius 3 is 2.60 bits per heavy atom. The highest BCUT2D eigenvalue weighted by Crippen LogP contribution is 2.34. The van der Waals surface area contributed by atoms with E-state index >= 15 is 0 Å². The summed E-state index contributed by atoms with van der Waals surface area (Å²) in [6.45, 7) is 1.44. The molecular formula is C13H10BrNO3S2. The van der Waals surface area contributed by atoms with Crippen LogP contribution in [0, 0.1) is 0 Å². The van der Waals surface area contributed by atoms with Crippen LogP contribution in [-0.2, 0) is 9.59 Å². The molecule has 4 nitrogen and oxygen atoms in total. The van der Waals surface area contributed by atoms with Gasteiger partial charge in [0.1, 0.15) is 10.4 Å². The topological polar surface area (TPSA) is 57.6 Å². The van der Waals surface area contributed by atoms with Crippen LogP contribution in [0.5, 0.6) is 0 Å². The summed E-state index contributed by atoms with van der Waals surface area (Å²) in [4.78, 5) is 24.8. The summed E-state index contributed by atoms with van der Waals surface area (Å²) in [7, 11) is 0. The number of nitrogens with zero attached hydrogens (tertiary/aromatic N) is 1. The van der Waals surface area contributed by atoms with Crippen molar-refractivity contribution in [2.45, 2.75) is 13.0 Å². The molecule has 2 rings (SSSR count). The number of carboxylic acid groups (broad SMARTS) is 1. The van der Waals surface area contributed by atoms with Crippen LogP contribution < -0.4 is 0 Å². The predicted molar refractivity (Wildman–Crippen MR) is 86.3 cm³/mol. The quantitative estimate of drug-likeness (QED) is 0.653. The molecule has 1 unspecified atom stereocenters. The molecule has 7 heteroatoms. The third kappa shape index (κ3) is 3.11. The van der Waals surface area contributed by atoms with E-state index in [1.54, 1.807) is 6.08 Å². The Morgan fingerprint density at radius 2 is 2.05 bits per heavy atom. The summed E-state index contributed by atoms with van der Waals surface area (Å²) >= 11 is 9.54. The first-order chi connectivity index (χ1) is 9.40. The molecule has 1 aromatic carbocycles. The third-order valence-corrected chi connectivity index (χ3v) is 4.60. The summed E-state index contributed by atoms with van der Waals surface area (Å²) in [5.74, 6) is -1.44. The fraction of sp³-hybridized carbons (Fsp3) is 0.154. The van der Waals surface area contributed by atoms with Gasteiger partial charge in [-0.05, 0) is 30.7 Å². The Bertz CT molecular complexity index is 613. The first kappa shape index (κ1) is 15.2. The molecule has 0 aromatic heterocycles. The van der Waals surface area contributed by atoms with Crippen LogP contribution in [0.3, 0.4) is 0 Å². The van der Waals surface area contributed by atoms with Crippen molar-refractivity contribution in [3.8, 4) is 0 Å². The lowest BCUT2D eigenvalue weighted by molar-refractivity contribution is -0.144. The molecule has 1 saturated heterocycles. The molecule has 1 aliphatic heterocycles. The van der Waals surface area contributed by atoms with Crippen molar-refractivity contribution in [1.82, 2.24) is 4.90 Å². The van der Waals surface area contributed by atoms with Crippen LogP contribution in [0.1, 0.15) is 12.5 Å². The summed E-state index contributed by atoms with van der Waals surface area (Å²) in [6, 6.07) is 6.49. The molecule has 0 bridgehead atoms. The number of carboxylic acids is 1. The standard InChI is InChI=1S/C13H10BrNO3S2/c1-7(12(17)18)15-11(16)10(20-13(15)19)6-8-2-4-9(14)5-3-8/h2-7H,1H3,(H,17,18)/b10-6+. The minimum Gasteiger partial charge on any atom is -0.480 e. The van der Waals surface area contributed by atoms with Crippen molar-refractivity contribution >= 4 is 62.2 Å². The van der Waals surface area contributed by atoms with Gasteiger partial charge in [0.15, 0.2) is 0 Å². The van der Waals surface area contributed by atoms with Crippen LogP contribution in [0.25, 0.3) is 6.08 Å². The zero-order valence-corrected chi connectivity index (χ0v) is 13.6. The number of carbonyl (C=O) groups excluding carboxylic acids is 1. The molecule has 0 spiro atoms. The van der Waals surface area contributed by atoms with E-state index in [0.29, 0.717) is 4.91 Å². The van der Waals surface area contributed by atoms with E-state index in [2.05, 4.69) is 15.9 Å². The summed E-state index contributed by atoms with van der Waals surface area (Å²) < 4.78 is 1.22. The minimum atomic E-state index is -1.08. The molecule has 20 heavy (non-hydrogen) atoms. The number of hydrogen-bond donors (Lipinski definition) is 1. The largest absolute Gasteiger partial charge is 0.480 e. The Hall–Kier alpha value is -1.18. The summed E-state index contributed by atoms with van der Waals surface area (Å²) in [6.07, 6.45) is 1.71. The number of aliphatic carboxylic acids is 1. The van der Waals surface area contributed by atoms with Crippen LogP contribution in [0.4, 0.5) is 0 Å². The summed E-state index contributed by atoms with van der Waals surface area (Å²) in [5, 5.41) is 9.00. The second-order valence-corrected chi connectivity index (χ2v) is 6.71. The smallest absolute Gasteiger partial charge is 0.326 e. The van der Waals surface area contributed by atoms with Gasteiger partial charge in [-0.25, -0.2) is 4.79 Å². The lowest BCUT2D eigenvalue weighted by Crippen LogP contribution is -2.41. The van der Waals surface area contributed by atoms with Gasteiger partial charge in [-0.15, -0.1) is 0 Å². The van der Waals surface area contributed by atoms with E-state index in [9.17, 15) is 9.59 Å². The lowest BCUT2D eigenvalue weighted by Gasteiger charge is -2.18. The fourth-order valence-electron chi connectivity index (χ4n) is 1.63. The van der Waals surface area contributed by atoms with Gasteiger partial charge in [0.2, 0.25) is 0 Å². The van der Waals surface area contributed by atoms with Crippen molar-refractivity contribution in [1.29, 1.82) is 0 Å². The zero-order chi connectivity index (χ0) is 14.9. The van der Waals surface area contributed by atoms with Gasteiger partial charge in [-0.2, -0.15) is 0 Å². The number of rotatable bonds is 3. The number of carbonyl (C=O) groups is 2. The number of benzene rings is 1. The van der Waals surface area contributed by atoms with Gasteiger partial charge in [0.25, 0.3) is 5.91 Å². The van der Waals surface area contributed by atoms with E-state index in [1.165, 1.54) is 6.92 Å². The molecular weight excluding hydrogens is 362 g/mol. The first-order valence-corrected chi connectivity index (χ1v) is 7.67. The predicted octanol–water partition coefficient (Wildman–Crippen LogP) is 3.12. The molecule has 1 amide bonds. The van der Waals surface area contributed by atoms with Crippen molar-refractivity contribution < 1.29 is 14.7 Å². The third-order valence-electron chi connectivity index (χ3n) is 2.74. The van der Waals surface area contributed by atoms with E-state index in [0.717, 1.165) is 26.7 Å². The van der Waals surface area contributed by atoms with Crippen molar-refractivity contribution in [2.75, 3.05) is 0 Å². The number of amides is 1. The monoisotopic (exact) mass is 371 g/mol. The molecule has 1 fully saturated rings. The molecule has 104 valence electrons. The normalized spacial score (nSPS) is 18.7. The summed E-state index contributed by atoms with van der Waals surface area (Å²) in [5.41, 5.74) is 0.858. The van der Waals surface area contributed by atoms with E-state index in [1.807, 2.05) is 24.3 Å². The molecule has 0 saturated carbocycles. The highest BCUT2D eigenvalue weighted by Gasteiger charge is 2.38. The van der Waals surface area contributed by atoms with Gasteiger partial charge >= 0.3 is 5.97 Å². The van der Waals surface area contributed by atoms with E-state index in [4.69, 9.17) is 17.3 Å². The SMILES string of the molecule is CC(C(=O)O)N1C(=O)/C(=C\c2ccc(Br)cc2)SC1=S. The van der Waals surface area contributed by atoms with Crippen molar-refractivity contribution in [3.63, 3.8) is 0 Å². The number of hydrogen-bond acceptors (Lipinski definition) is 4. The number of thioether (sulfide) groups is 1. The Kier molecular flexibility index (Phi) is 4.62. The second kappa shape index (κ2) is 6.07. The number of thiocarbonyl (C=S) groups is 1. The van der Waals surface area contributed by atoms with Crippen LogP contribution in [0.2, 0.25) is 0 Å². The average Bonchev–Trinajstić information content (AvgIpc) is 2.66. The van der Waals surface area contributed by atoms with Crippen LogP contribution in [0.15, 0.2) is 33.6 Å². The second-order valence-electron chi connectivity index (χ2n) is 4.12. The van der Waals surface area contributed by atoms with E-state index in [-0.39, 0.29) is 10.2 Å². The van der Waals surface area contributed by atoms with Gasteiger partial charge in [0, 0.05) is 4.47 Å². The fourth-order valence-corrected chi connectivity index (χ4v) is 3.32. The Labute approximate surface area is 134 Å². The molecule has 1 aliphatic rings. The highest BCUT2D eigenvalue weighted by molar-refractivity contribution is 9.10. The van der Waals surface area contributed by atoms with Crippen molar-refractivity contribution in [3.05, 3.63) is 39.2 Å². The molecule has 0 radical (unpaired) electrons. The van der Waals surface area contributed by atoms with E-state index < -0.39 is 12.0 Å². The lowest BCUT2D eigenvalue weighted by atomic mass is 10.2.